The Morgan fingerprint density at radius 2 is 1.84 bits per heavy atom. The molecule has 0 aliphatic carbocycles. The van der Waals surface area contributed by atoms with Crippen molar-refractivity contribution in [2.24, 2.45) is 0 Å². The normalized spacial score (nSPS) is 14.6. The molecule has 0 spiro atoms. The van der Waals surface area contributed by atoms with Gasteiger partial charge in [0.15, 0.2) is 17.6 Å². The first kappa shape index (κ1) is 23.2. The highest BCUT2D eigenvalue weighted by molar-refractivity contribution is 6.35. The maximum absolute atomic E-state index is 12.5. The van der Waals surface area contributed by atoms with Gasteiger partial charge >= 0.3 is 5.97 Å². The predicted molar refractivity (Wildman–Crippen MR) is 116 cm³/mol. The molecule has 1 amide bonds. The molecule has 0 unspecified atom stereocenters. The zero-order valence-corrected chi connectivity index (χ0v) is 18.7. The fraction of sp³-hybridized carbons (Fsp3) is 0.364. The molecule has 1 aliphatic rings. The number of esters is 1. The summed E-state index contributed by atoms with van der Waals surface area (Å²) < 4.78 is 21.7. The second-order valence-corrected chi connectivity index (χ2v) is 7.72. The number of carbonyl (C=O) groups is 2. The maximum Gasteiger partial charge on any atom is 0.339 e. The number of methoxy groups -OCH3 is 1. The molecule has 2 aromatic carbocycles. The Kier molecular flexibility index (Phi) is 8.01. The first-order valence-electron chi connectivity index (χ1n) is 9.71. The second-order valence-electron chi connectivity index (χ2n) is 6.88. The molecule has 3 rings (SSSR count). The first-order chi connectivity index (χ1) is 14.9. The van der Waals surface area contributed by atoms with Crippen LogP contribution in [0.15, 0.2) is 36.4 Å². The summed E-state index contributed by atoms with van der Waals surface area (Å²) in [5.41, 5.74) is 1.00. The van der Waals surface area contributed by atoms with Crippen LogP contribution in [0.25, 0.3) is 0 Å². The summed E-state index contributed by atoms with van der Waals surface area (Å²) in [7, 11) is 1.47. The van der Waals surface area contributed by atoms with Crippen molar-refractivity contribution in [1.29, 1.82) is 0 Å². The molecule has 0 saturated carbocycles. The minimum absolute atomic E-state index is 0.196. The summed E-state index contributed by atoms with van der Waals surface area (Å²) in [6.07, 6.45) is -0.903. The fourth-order valence-electron chi connectivity index (χ4n) is 3.03. The van der Waals surface area contributed by atoms with E-state index in [-0.39, 0.29) is 18.1 Å². The Hall–Kier alpha value is -2.48. The Morgan fingerprint density at radius 3 is 2.52 bits per heavy atom. The molecular formula is C22H23Cl2NO6. The van der Waals surface area contributed by atoms with Gasteiger partial charge in [0.25, 0.3) is 5.91 Å². The van der Waals surface area contributed by atoms with Crippen LogP contribution in [0.5, 0.6) is 11.5 Å². The highest BCUT2D eigenvalue weighted by Gasteiger charge is 2.26. The van der Waals surface area contributed by atoms with Crippen LogP contribution in [0.4, 0.5) is 0 Å². The van der Waals surface area contributed by atoms with Crippen LogP contribution in [-0.4, -0.2) is 56.3 Å². The van der Waals surface area contributed by atoms with Gasteiger partial charge in [-0.05, 0) is 37.3 Å². The zero-order chi connectivity index (χ0) is 22.4. The van der Waals surface area contributed by atoms with Crippen molar-refractivity contribution in [2.45, 2.75) is 19.6 Å². The van der Waals surface area contributed by atoms with E-state index in [1.165, 1.54) is 13.2 Å². The number of ether oxygens (including phenoxy) is 4. The van der Waals surface area contributed by atoms with Crippen molar-refractivity contribution in [3.05, 3.63) is 57.6 Å². The van der Waals surface area contributed by atoms with E-state index in [1.807, 2.05) is 0 Å². The third kappa shape index (κ3) is 6.03. The Morgan fingerprint density at radius 1 is 1.10 bits per heavy atom. The lowest BCUT2D eigenvalue weighted by molar-refractivity contribution is -0.143. The van der Waals surface area contributed by atoms with Gasteiger partial charge in [0.05, 0.1) is 25.9 Å². The molecule has 0 bridgehead atoms. The van der Waals surface area contributed by atoms with E-state index in [4.69, 9.17) is 42.1 Å². The van der Waals surface area contributed by atoms with Crippen LogP contribution in [0.1, 0.15) is 22.8 Å². The number of rotatable bonds is 7. The fourth-order valence-corrected chi connectivity index (χ4v) is 3.49. The number of morpholine rings is 1. The van der Waals surface area contributed by atoms with Gasteiger partial charge < -0.3 is 23.8 Å². The molecule has 1 fully saturated rings. The molecule has 31 heavy (non-hydrogen) atoms. The quantitative estimate of drug-likeness (QED) is 0.573. The van der Waals surface area contributed by atoms with Crippen LogP contribution in [0.2, 0.25) is 10.0 Å². The number of hydrogen-bond acceptors (Lipinski definition) is 6. The van der Waals surface area contributed by atoms with Gasteiger partial charge in [-0.15, -0.1) is 0 Å². The standard InChI is InChI=1S/C22H23Cl2NO6/c1-14(21(26)25-7-9-29-10-8-25)31-22(27)15-4-6-19(20(11-15)28-2)30-13-16-3-5-17(23)12-18(16)24/h3-6,11-12,14H,7-10,13H2,1-2H3/t14-/m1/s1. The van der Waals surface area contributed by atoms with Gasteiger partial charge in [-0.3, -0.25) is 4.79 Å². The number of nitrogens with zero attached hydrogens (tertiary/aromatic N) is 1. The van der Waals surface area contributed by atoms with Gasteiger partial charge in [0, 0.05) is 28.7 Å². The van der Waals surface area contributed by atoms with Gasteiger partial charge in [0.1, 0.15) is 6.61 Å². The number of carbonyl (C=O) groups excluding carboxylic acids is 2. The van der Waals surface area contributed by atoms with Crippen molar-refractivity contribution < 1.29 is 28.5 Å². The Bertz CT molecular complexity index is 946. The van der Waals surface area contributed by atoms with Crippen LogP contribution in [0, 0.1) is 0 Å². The summed E-state index contributed by atoms with van der Waals surface area (Å²) in [6.45, 7) is 3.68. The highest BCUT2D eigenvalue weighted by Crippen LogP contribution is 2.30. The van der Waals surface area contributed by atoms with Gasteiger partial charge in [-0.1, -0.05) is 29.3 Å². The number of amides is 1. The van der Waals surface area contributed by atoms with E-state index in [0.717, 1.165) is 5.56 Å². The SMILES string of the molecule is COc1cc(C(=O)O[C@H](C)C(=O)N2CCOCC2)ccc1OCc1ccc(Cl)cc1Cl. The van der Waals surface area contributed by atoms with Crippen molar-refractivity contribution in [2.75, 3.05) is 33.4 Å². The average Bonchev–Trinajstić information content (AvgIpc) is 2.78. The minimum atomic E-state index is -0.903. The lowest BCUT2D eigenvalue weighted by Gasteiger charge is -2.29. The van der Waals surface area contributed by atoms with Crippen LogP contribution in [-0.2, 0) is 20.9 Å². The van der Waals surface area contributed by atoms with Crippen LogP contribution < -0.4 is 9.47 Å². The second kappa shape index (κ2) is 10.7. The van der Waals surface area contributed by atoms with E-state index in [9.17, 15) is 9.59 Å². The largest absolute Gasteiger partial charge is 0.493 e. The summed E-state index contributed by atoms with van der Waals surface area (Å²) in [6, 6.07) is 9.80. The van der Waals surface area contributed by atoms with E-state index in [2.05, 4.69) is 0 Å². The average molecular weight is 468 g/mol. The van der Waals surface area contributed by atoms with E-state index in [0.29, 0.717) is 47.8 Å². The molecule has 0 N–H and O–H groups in total. The molecule has 9 heteroatoms. The van der Waals surface area contributed by atoms with Crippen molar-refractivity contribution in [3.63, 3.8) is 0 Å². The van der Waals surface area contributed by atoms with Gasteiger partial charge in [-0.25, -0.2) is 4.79 Å². The summed E-state index contributed by atoms with van der Waals surface area (Å²) in [5, 5.41) is 1.03. The van der Waals surface area contributed by atoms with E-state index < -0.39 is 12.1 Å². The molecule has 7 nitrogen and oxygen atoms in total. The first-order valence-corrected chi connectivity index (χ1v) is 10.5. The molecule has 1 aliphatic heterocycles. The third-order valence-electron chi connectivity index (χ3n) is 4.75. The zero-order valence-electron chi connectivity index (χ0n) is 17.2. The number of hydrogen-bond donors (Lipinski definition) is 0. The molecule has 1 atom stereocenters. The van der Waals surface area contributed by atoms with Crippen molar-refractivity contribution in [3.8, 4) is 11.5 Å². The van der Waals surface area contributed by atoms with Crippen molar-refractivity contribution >= 4 is 35.1 Å². The number of benzene rings is 2. The Balaban J connectivity index is 1.64. The van der Waals surface area contributed by atoms with Crippen LogP contribution >= 0.6 is 23.2 Å². The highest BCUT2D eigenvalue weighted by atomic mass is 35.5. The molecule has 1 heterocycles. The van der Waals surface area contributed by atoms with E-state index in [1.54, 1.807) is 42.2 Å². The topological polar surface area (TPSA) is 74.3 Å². The summed E-state index contributed by atoms with van der Waals surface area (Å²) in [5.74, 6) is -0.0858. The molecule has 166 valence electrons. The minimum Gasteiger partial charge on any atom is -0.493 e. The van der Waals surface area contributed by atoms with E-state index >= 15 is 0 Å². The summed E-state index contributed by atoms with van der Waals surface area (Å²) in [4.78, 5) is 26.6. The molecular weight excluding hydrogens is 445 g/mol. The lowest BCUT2D eigenvalue weighted by Crippen LogP contribution is -2.46. The molecule has 2 aromatic rings. The summed E-state index contributed by atoms with van der Waals surface area (Å²) >= 11 is 12.1. The maximum atomic E-state index is 12.5. The molecule has 0 radical (unpaired) electrons. The lowest BCUT2D eigenvalue weighted by atomic mass is 10.2. The smallest absolute Gasteiger partial charge is 0.339 e. The Labute approximate surface area is 190 Å². The van der Waals surface area contributed by atoms with Crippen LogP contribution in [0.3, 0.4) is 0 Å². The third-order valence-corrected chi connectivity index (χ3v) is 5.34. The predicted octanol–water partition coefficient (Wildman–Crippen LogP) is 3.99. The van der Waals surface area contributed by atoms with Crippen molar-refractivity contribution in [1.82, 2.24) is 4.90 Å². The van der Waals surface area contributed by atoms with Gasteiger partial charge in [-0.2, -0.15) is 0 Å². The number of halogens is 2. The molecule has 1 saturated heterocycles. The van der Waals surface area contributed by atoms with Gasteiger partial charge in [0.2, 0.25) is 0 Å². The monoisotopic (exact) mass is 467 g/mol. The molecule has 0 aromatic heterocycles.